The minimum Gasteiger partial charge on any atom is -0.383 e. The lowest BCUT2D eigenvalue weighted by atomic mass is 9.84. The molecule has 0 aliphatic heterocycles. The third-order valence-electron chi connectivity index (χ3n) is 3.50. The highest BCUT2D eigenvalue weighted by molar-refractivity contribution is 5.85. The Balaban J connectivity index is 2.65. The summed E-state index contributed by atoms with van der Waals surface area (Å²) in [5.74, 6) is 0.176. The molecule has 0 spiro atoms. The van der Waals surface area contributed by atoms with Gasteiger partial charge in [-0.2, -0.15) is 0 Å². The molecule has 1 aliphatic carbocycles. The van der Waals surface area contributed by atoms with E-state index in [4.69, 9.17) is 10.5 Å². The molecule has 1 rings (SSSR count). The Morgan fingerprint density at radius 2 is 2.40 bits per heavy atom. The van der Waals surface area contributed by atoms with E-state index in [1.807, 2.05) is 0 Å². The molecule has 2 unspecified atom stereocenters. The van der Waals surface area contributed by atoms with Crippen LogP contribution in [-0.4, -0.2) is 31.7 Å². The van der Waals surface area contributed by atoms with Gasteiger partial charge in [-0.3, -0.25) is 4.79 Å². The molecule has 0 aromatic rings. The molecule has 0 radical (unpaired) electrons. The molecule has 4 nitrogen and oxygen atoms in total. The fraction of sp³-hybridized carbons (Fsp3) is 0.909. The molecule has 2 atom stereocenters. The summed E-state index contributed by atoms with van der Waals surface area (Å²) in [5.41, 5.74) is 5.06. The number of carbonyl (C=O) groups is 1. The molecule has 1 amide bonds. The summed E-state index contributed by atoms with van der Waals surface area (Å²) < 4.78 is 4.98. The standard InChI is InChI=1S/C11H22N2O2/c1-3-9-5-4-6-11(9,10(12)14)13-7-8-15-2/h9,13H,3-8H2,1-2H3,(H2,12,14). The lowest BCUT2D eigenvalue weighted by molar-refractivity contribution is -0.126. The minimum absolute atomic E-state index is 0.206. The Kier molecular flexibility index (Phi) is 4.54. The van der Waals surface area contributed by atoms with E-state index in [0.29, 0.717) is 19.1 Å². The van der Waals surface area contributed by atoms with Crippen LogP contribution in [0.2, 0.25) is 0 Å². The monoisotopic (exact) mass is 214 g/mol. The number of hydrogen-bond donors (Lipinski definition) is 2. The van der Waals surface area contributed by atoms with E-state index in [-0.39, 0.29) is 5.91 Å². The molecule has 88 valence electrons. The van der Waals surface area contributed by atoms with Crippen molar-refractivity contribution in [2.24, 2.45) is 11.7 Å². The lowest BCUT2D eigenvalue weighted by Gasteiger charge is -2.33. The van der Waals surface area contributed by atoms with E-state index in [1.54, 1.807) is 7.11 Å². The number of hydrogen-bond acceptors (Lipinski definition) is 3. The van der Waals surface area contributed by atoms with Gasteiger partial charge in [0.1, 0.15) is 5.54 Å². The van der Waals surface area contributed by atoms with Crippen LogP contribution in [0.4, 0.5) is 0 Å². The summed E-state index contributed by atoms with van der Waals surface area (Å²) in [7, 11) is 1.66. The molecule has 0 bridgehead atoms. The second kappa shape index (κ2) is 5.47. The molecule has 4 heteroatoms. The Hall–Kier alpha value is -0.610. The minimum atomic E-state index is -0.479. The zero-order chi connectivity index (χ0) is 11.3. The lowest BCUT2D eigenvalue weighted by Crippen LogP contribution is -2.58. The summed E-state index contributed by atoms with van der Waals surface area (Å²) in [6.07, 6.45) is 4.05. The van der Waals surface area contributed by atoms with Gasteiger partial charge in [0.05, 0.1) is 6.61 Å². The highest BCUT2D eigenvalue weighted by Crippen LogP contribution is 2.37. The molecule has 3 N–H and O–H groups in total. The van der Waals surface area contributed by atoms with Crippen molar-refractivity contribution in [3.8, 4) is 0 Å². The molecule has 0 aromatic heterocycles. The van der Waals surface area contributed by atoms with Gasteiger partial charge in [-0.1, -0.05) is 19.8 Å². The average molecular weight is 214 g/mol. The number of nitrogens with two attached hydrogens (primary N) is 1. The largest absolute Gasteiger partial charge is 0.383 e. The number of primary amides is 1. The maximum absolute atomic E-state index is 11.6. The Morgan fingerprint density at radius 1 is 1.67 bits per heavy atom. The molecule has 1 fully saturated rings. The van der Waals surface area contributed by atoms with Gasteiger partial charge in [-0.05, 0) is 18.8 Å². The number of ether oxygens (including phenoxy) is 1. The number of rotatable bonds is 6. The normalized spacial score (nSPS) is 30.7. The van der Waals surface area contributed by atoms with Crippen molar-refractivity contribution in [2.75, 3.05) is 20.3 Å². The van der Waals surface area contributed by atoms with E-state index < -0.39 is 5.54 Å². The second-order valence-electron chi connectivity index (χ2n) is 4.25. The summed E-state index contributed by atoms with van der Waals surface area (Å²) >= 11 is 0. The highest BCUT2D eigenvalue weighted by Gasteiger charge is 2.46. The van der Waals surface area contributed by atoms with Crippen LogP contribution in [0.15, 0.2) is 0 Å². The van der Waals surface area contributed by atoms with Gasteiger partial charge in [0.15, 0.2) is 0 Å². The summed E-state index contributed by atoms with van der Waals surface area (Å²) in [5, 5.41) is 3.30. The average Bonchev–Trinajstić information content (AvgIpc) is 2.62. The Labute approximate surface area is 91.5 Å². The van der Waals surface area contributed by atoms with Gasteiger partial charge in [0.2, 0.25) is 5.91 Å². The third kappa shape index (κ3) is 2.49. The Bertz CT molecular complexity index is 221. The number of methoxy groups -OCH3 is 1. The summed E-state index contributed by atoms with van der Waals surface area (Å²) in [6, 6.07) is 0. The van der Waals surface area contributed by atoms with Crippen LogP contribution >= 0.6 is 0 Å². The molecule has 0 aromatic carbocycles. The van der Waals surface area contributed by atoms with Gasteiger partial charge in [0, 0.05) is 13.7 Å². The van der Waals surface area contributed by atoms with Crippen LogP contribution in [0.3, 0.4) is 0 Å². The van der Waals surface area contributed by atoms with Crippen molar-refractivity contribution in [1.82, 2.24) is 5.32 Å². The van der Waals surface area contributed by atoms with Crippen LogP contribution in [0.1, 0.15) is 32.6 Å². The van der Waals surface area contributed by atoms with Crippen molar-refractivity contribution < 1.29 is 9.53 Å². The van der Waals surface area contributed by atoms with Crippen molar-refractivity contribution in [2.45, 2.75) is 38.1 Å². The van der Waals surface area contributed by atoms with E-state index in [9.17, 15) is 4.79 Å². The van der Waals surface area contributed by atoms with Gasteiger partial charge < -0.3 is 15.8 Å². The van der Waals surface area contributed by atoms with E-state index in [1.165, 1.54) is 0 Å². The smallest absolute Gasteiger partial charge is 0.238 e. The zero-order valence-electron chi connectivity index (χ0n) is 9.71. The summed E-state index contributed by atoms with van der Waals surface area (Å²) in [4.78, 5) is 11.6. The zero-order valence-corrected chi connectivity index (χ0v) is 9.71. The van der Waals surface area contributed by atoms with Crippen LogP contribution in [0, 0.1) is 5.92 Å². The molecule has 0 saturated heterocycles. The first-order chi connectivity index (χ1) is 7.17. The van der Waals surface area contributed by atoms with Crippen LogP contribution in [-0.2, 0) is 9.53 Å². The fourth-order valence-corrected chi connectivity index (χ4v) is 2.65. The van der Waals surface area contributed by atoms with Gasteiger partial charge in [-0.15, -0.1) is 0 Å². The van der Waals surface area contributed by atoms with Crippen molar-refractivity contribution >= 4 is 5.91 Å². The van der Waals surface area contributed by atoms with Gasteiger partial charge in [-0.25, -0.2) is 0 Å². The number of carbonyl (C=O) groups excluding carboxylic acids is 1. The maximum atomic E-state index is 11.6. The second-order valence-corrected chi connectivity index (χ2v) is 4.25. The third-order valence-corrected chi connectivity index (χ3v) is 3.50. The van der Waals surface area contributed by atoms with E-state index in [0.717, 1.165) is 25.7 Å². The SMILES string of the molecule is CCC1CCCC1(NCCOC)C(N)=O. The molecule has 0 heterocycles. The van der Waals surface area contributed by atoms with Gasteiger partial charge >= 0.3 is 0 Å². The molecule has 15 heavy (non-hydrogen) atoms. The van der Waals surface area contributed by atoms with E-state index in [2.05, 4.69) is 12.2 Å². The predicted octanol–water partition coefficient (Wildman–Crippen LogP) is 0.657. The van der Waals surface area contributed by atoms with Crippen molar-refractivity contribution in [1.29, 1.82) is 0 Å². The topological polar surface area (TPSA) is 64.3 Å². The first-order valence-corrected chi connectivity index (χ1v) is 5.71. The van der Waals surface area contributed by atoms with Crippen LogP contribution in [0.25, 0.3) is 0 Å². The maximum Gasteiger partial charge on any atom is 0.238 e. The van der Waals surface area contributed by atoms with Crippen molar-refractivity contribution in [3.05, 3.63) is 0 Å². The van der Waals surface area contributed by atoms with Crippen LogP contribution in [0.5, 0.6) is 0 Å². The van der Waals surface area contributed by atoms with Crippen LogP contribution < -0.4 is 11.1 Å². The highest BCUT2D eigenvalue weighted by atomic mass is 16.5. The number of nitrogens with one attached hydrogen (secondary N) is 1. The molecule has 1 aliphatic rings. The number of amides is 1. The first kappa shape index (κ1) is 12.5. The first-order valence-electron chi connectivity index (χ1n) is 5.71. The summed E-state index contributed by atoms with van der Waals surface area (Å²) in [6.45, 7) is 3.42. The quantitative estimate of drug-likeness (QED) is 0.638. The Morgan fingerprint density at radius 3 is 2.93 bits per heavy atom. The predicted molar refractivity (Wildman–Crippen MR) is 59.4 cm³/mol. The molecular weight excluding hydrogens is 192 g/mol. The van der Waals surface area contributed by atoms with Crippen molar-refractivity contribution in [3.63, 3.8) is 0 Å². The fourth-order valence-electron chi connectivity index (χ4n) is 2.65. The van der Waals surface area contributed by atoms with Gasteiger partial charge in [0.25, 0.3) is 0 Å². The molecular formula is C11H22N2O2. The molecule has 1 saturated carbocycles. The van der Waals surface area contributed by atoms with E-state index >= 15 is 0 Å².